The Morgan fingerprint density at radius 3 is 2.13 bits per heavy atom. The molecular weight excluding hydrogens is 494 g/mol. The zero-order chi connectivity index (χ0) is 28.0. The highest BCUT2D eigenvalue weighted by molar-refractivity contribution is 6.99. The van der Waals surface area contributed by atoms with Gasteiger partial charge in [0.1, 0.15) is 0 Å². The molecule has 2 aromatic carbocycles. The van der Waals surface area contributed by atoms with E-state index in [1.807, 2.05) is 26.0 Å². The Balaban J connectivity index is 2.07. The molecule has 0 aliphatic carbocycles. The van der Waals surface area contributed by atoms with E-state index in [4.69, 9.17) is 20.4 Å². The number of amides is 1. The second kappa shape index (κ2) is 12.3. The fourth-order valence-corrected chi connectivity index (χ4v) is 10.9. The Kier molecular flexibility index (Phi) is 9.65. The number of azide groups is 1. The SMILES string of the molecule is CC[C@@H](O[Si](c1ccccc1)(c1ccccc1)C(C)(C)C)[C@@]1(C)OC(=O)N(CCCCN=[N+]=[N-])[C@@H]1[C@H](C)N. The predicted molar refractivity (Wildman–Crippen MR) is 155 cm³/mol. The number of unbranched alkanes of at least 4 members (excludes halogenated alkanes) is 1. The number of nitrogens with two attached hydrogens (primary N) is 1. The van der Waals surface area contributed by atoms with E-state index in [9.17, 15) is 4.79 Å². The van der Waals surface area contributed by atoms with Gasteiger partial charge >= 0.3 is 6.09 Å². The van der Waals surface area contributed by atoms with Crippen molar-refractivity contribution in [2.75, 3.05) is 13.1 Å². The molecule has 0 bridgehead atoms. The molecule has 1 heterocycles. The number of hydrogen-bond acceptors (Lipinski definition) is 5. The van der Waals surface area contributed by atoms with Crippen LogP contribution in [0.3, 0.4) is 0 Å². The number of hydrogen-bond donors (Lipinski definition) is 1. The molecule has 0 aromatic heterocycles. The summed E-state index contributed by atoms with van der Waals surface area (Å²) in [5.41, 5.74) is 14.2. The number of cyclic esters (lactones) is 1. The summed E-state index contributed by atoms with van der Waals surface area (Å²) >= 11 is 0. The Morgan fingerprint density at radius 2 is 1.68 bits per heavy atom. The summed E-state index contributed by atoms with van der Waals surface area (Å²) in [6.45, 7) is 13.6. The van der Waals surface area contributed by atoms with E-state index in [-0.39, 0.29) is 29.3 Å². The first kappa shape index (κ1) is 29.7. The van der Waals surface area contributed by atoms with E-state index in [0.29, 0.717) is 32.4 Å². The molecule has 1 aliphatic rings. The first-order valence-corrected chi connectivity index (χ1v) is 15.5. The van der Waals surface area contributed by atoms with Crippen molar-refractivity contribution in [2.24, 2.45) is 10.8 Å². The average molecular weight is 538 g/mol. The zero-order valence-electron chi connectivity index (χ0n) is 23.6. The number of carbonyl (C=O) groups excluding carboxylic acids is 1. The highest BCUT2D eigenvalue weighted by atomic mass is 28.4. The average Bonchev–Trinajstić information content (AvgIpc) is 3.15. The van der Waals surface area contributed by atoms with E-state index in [1.165, 1.54) is 10.4 Å². The van der Waals surface area contributed by atoms with Gasteiger partial charge in [-0.15, -0.1) is 0 Å². The van der Waals surface area contributed by atoms with Gasteiger partial charge in [0.15, 0.2) is 5.60 Å². The molecule has 8 nitrogen and oxygen atoms in total. The molecule has 0 radical (unpaired) electrons. The van der Waals surface area contributed by atoms with Gasteiger partial charge in [-0.1, -0.05) is 93.5 Å². The molecule has 1 fully saturated rings. The Bertz CT molecular complexity index is 1060. The molecular formula is C29H43N5O3Si. The van der Waals surface area contributed by atoms with E-state index >= 15 is 0 Å². The monoisotopic (exact) mass is 537 g/mol. The van der Waals surface area contributed by atoms with Crippen molar-refractivity contribution in [2.45, 2.75) is 89.6 Å². The smallest absolute Gasteiger partial charge is 0.410 e. The molecule has 0 unspecified atom stereocenters. The summed E-state index contributed by atoms with van der Waals surface area (Å²) in [7, 11) is -2.89. The fraction of sp³-hybridized carbons (Fsp3) is 0.552. The van der Waals surface area contributed by atoms with Crippen LogP contribution in [0.15, 0.2) is 65.8 Å². The van der Waals surface area contributed by atoms with Crippen LogP contribution in [0.1, 0.15) is 60.8 Å². The molecule has 9 heteroatoms. The Hall–Kier alpha value is -2.84. The lowest BCUT2D eigenvalue weighted by molar-refractivity contribution is -0.0563. The van der Waals surface area contributed by atoms with Gasteiger partial charge in [0.25, 0.3) is 8.32 Å². The van der Waals surface area contributed by atoms with Crippen molar-refractivity contribution in [3.63, 3.8) is 0 Å². The number of benzene rings is 2. The van der Waals surface area contributed by atoms with Crippen molar-refractivity contribution in [3.8, 4) is 0 Å². The molecule has 3 rings (SSSR count). The number of ether oxygens (including phenoxy) is 1. The molecule has 38 heavy (non-hydrogen) atoms. The van der Waals surface area contributed by atoms with Crippen LogP contribution in [0.25, 0.3) is 10.4 Å². The number of nitrogens with zero attached hydrogens (tertiary/aromatic N) is 4. The van der Waals surface area contributed by atoms with Crippen molar-refractivity contribution in [3.05, 3.63) is 71.1 Å². The van der Waals surface area contributed by atoms with Gasteiger partial charge in [0, 0.05) is 24.0 Å². The predicted octanol–water partition coefficient (Wildman–Crippen LogP) is 5.36. The maximum atomic E-state index is 13.3. The molecule has 1 amide bonds. The highest BCUT2D eigenvalue weighted by Gasteiger charge is 2.60. The van der Waals surface area contributed by atoms with Crippen LogP contribution in [-0.2, 0) is 9.16 Å². The minimum Gasteiger partial charge on any atom is -0.438 e. The Labute approximate surface area is 228 Å². The van der Waals surface area contributed by atoms with E-state index in [1.54, 1.807) is 4.90 Å². The lowest BCUT2D eigenvalue weighted by Gasteiger charge is -2.49. The summed E-state index contributed by atoms with van der Waals surface area (Å²) in [5.74, 6) is 0. The molecule has 1 saturated heterocycles. The third-order valence-corrected chi connectivity index (χ3v) is 12.7. The van der Waals surface area contributed by atoms with Gasteiger partial charge in [0.05, 0.1) is 12.1 Å². The minimum atomic E-state index is -2.89. The van der Waals surface area contributed by atoms with Crippen molar-refractivity contribution < 1.29 is 14.0 Å². The lowest BCUT2D eigenvalue weighted by Crippen LogP contribution is -2.70. The fourth-order valence-electron chi connectivity index (χ4n) is 6.04. The molecule has 206 valence electrons. The number of carbonyl (C=O) groups is 1. The third-order valence-electron chi connectivity index (χ3n) is 7.68. The zero-order valence-corrected chi connectivity index (χ0v) is 24.6. The van der Waals surface area contributed by atoms with Crippen molar-refractivity contribution >= 4 is 24.8 Å². The molecule has 2 N–H and O–H groups in total. The van der Waals surface area contributed by atoms with Crippen LogP contribution in [0.2, 0.25) is 5.04 Å². The van der Waals surface area contributed by atoms with Gasteiger partial charge in [0.2, 0.25) is 0 Å². The molecule has 1 aliphatic heterocycles. The summed E-state index contributed by atoms with van der Waals surface area (Å²) in [6.07, 6.45) is 1.28. The van der Waals surface area contributed by atoms with E-state index in [2.05, 4.69) is 86.3 Å². The van der Waals surface area contributed by atoms with Crippen LogP contribution in [-0.4, -0.2) is 56.2 Å². The normalized spacial score (nSPS) is 21.5. The minimum absolute atomic E-state index is 0.215. The van der Waals surface area contributed by atoms with E-state index < -0.39 is 13.9 Å². The quantitative estimate of drug-likeness (QED) is 0.129. The van der Waals surface area contributed by atoms with Gasteiger partial charge < -0.3 is 14.9 Å². The van der Waals surface area contributed by atoms with Gasteiger partial charge in [-0.3, -0.25) is 4.90 Å². The van der Waals surface area contributed by atoms with E-state index in [0.717, 1.165) is 0 Å². The van der Waals surface area contributed by atoms with Crippen LogP contribution >= 0.6 is 0 Å². The summed E-state index contributed by atoms with van der Waals surface area (Å²) < 4.78 is 13.7. The maximum Gasteiger partial charge on any atom is 0.410 e. The lowest BCUT2D eigenvalue weighted by atomic mass is 9.85. The topological polar surface area (TPSA) is 114 Å². The summed E-state index contributed by atoms with van der Waals surface area (Å²) in [4.78, 5) is 17.8. The summed E-state index contributed by atoms with van der Waals surface area (Å²) in [5, 5.41) is 5.75. The van der Waals surface area contributed by atoms with Crippen molar-refractivity contribution in [1.29, 1.82) is 0 Å². The number of rotatable bonds is 12. The molecule has 4 atom stereocenters. The molecule has 0 saturated carbocycles. The third kappa shape index (κ3) is 5.76. The second-order valence-electron chi connectivity index (χ2n) is 11.4. The van der Waals surface area contributed by atoms with Crippen LogP contribution in [0, 0.1) is 0 Å². The molecule has 2 aromatic rings. The second-order valence-corrected chi connectivity index (χ2v) is 15.6. The van der Waals surface area contributed by atoms with Gasteiger partial charge in [-0.25, -0.2) is 4.79 Å². The standard InChI is InChI=1S/C29H43N5O3Si/c1-7-25(29(6)26(22(2)30)34(27(35)36-29)21-15-14-20-32-33-31)37-38(28(3,4)5,23-16-10-8-11-17-23)24-18-12-9-13-19-24/h8-13,16-19,22,25-26H,7,14-15,20-21,30H2,1-6H3/t22-,25+,26+,29+/m0/s1. The molecule has 0 spiro atoms. The Morgan fingerprint density at radius 1 is 1.13 bits per heavy atom. The largest absolute Gasteiger partial charge is 0.438 e. The highest BCUT2D eigenvalue weighted by Crippen LogP contribution is 2.43. The maximum absolute atomic E-state index is 13.3. The first-order chi connectivity index (χ1) is 18.0. The van der Waals surface area contributed by atoms with Gasteiger partial charge in [-0.2, -0.15) is 0 Å². The van der Waals surface area contributed by atoms with Gasteiger partial charge in [-0.05, 0) is 54.1 Å². The van der Waals surface area contributed by atoms with Crippen LogP contribution in [0.5, 0.6) is 0 Å². The first-order valence-electron chi connectivity index (χ1n) is 13.6. The van der Waals surface area contributed by atoms with Crippen molar-refractivity contribution in [1.82, 2.24) is 4.90 Å². The summed E-state index contributed by atoms with van der Waals surface area (Å²) in [6, 6.07) is 20.3. The van der Waals surface area contributed by atoms with Crippen LogP contribution in [0.4, 0.5) is 4.79 Å². The van der Waals surface area contributed by atoms with Crippen LogP contribution < -0.4 is 16.1 Å².